The van der Waals surface area contributed by atoms with Crippen LogP contribution in [0.3, 0.4) is 0 Å². The lowest BCUT2D eigenvalue weighted by molar-refractivity contribution is -0.383. The standard InChI is InChI=1S/C6HN9O2/c7-11-2-1-3(15(16)17)5(13-9)6(14-10)4(2)12-8/h1H/q+4. The SMILES string of the molecule is N#[N+]c1cc([N+](=O)[O-])c([N+]#N)c([N+]#N)c1[N+]#N. The highest BCUT2D eigenvalue weighted by molar-refractivity contribution is 5.97. The molecule has 0 aliphatic heterocycles. The predicted octanol–water partition coefficient (Wildman–Crippen LogP) is 3.53. The molecular weight excluding hydrogens is 230 g/mol. The number of benzene rings is 1. The fourth-order valence-corrected chi connectivity index (χ4v) is 1.13. The first-order valence-electron chi connectivity index (χ1n) is 3.86. The zero-order chi connectivity index (χ0) is 13.0. The van der Waals surface area contributed by atoms with Crippen LogP contribution < -0.4 is 0 Å². The molecule has 0 aromatic heterocycles. The maximum Gasteiger partial charge on any atom is 0.588 e. The lowest BCUT2D eigenvalue weighted by Gasteiger charge is -1.80. The molecule has 0 radical (unpaired) electrons. The van der Waals surface area contributed by atoms with E-state index in [1.165, 1.54) is 0 Å². The van der Waals surface area contributed by atoms with Crippen molar-refractivity contribution in [1.29, 1.82) is 21.6 Å². The van der Waals surface area contributed by atoms with Crippen LogP contribution in [-0.4, -0.2) is 4.92 Å². The first kappa shape index (κ1) is 11.4. The van der Waals surface area contributed by atoms with Crippen molar-refractivity contribution in [3.05, 3.63) is 36.1 Å². The molecule has 1 aromatic carbocycles. The molecule has 0 atom stereocenters. The summed E-state index contributed by atoms with van der Waals surface area (Å²) < 4.78 is 0. The van der Waals surface area contributed by atoms with E-state index in [1.807, 2.05) is 0 Å². The Labute approximate surface area is 91.9 Å². The second kappa shape index (κ2) is 4.22. The molecular formula is C6HN9O2+4. The van der Waals surface area contributed by atoms with Gasteiger partial charge in [0, 0.05) is 0 Å². The van der Waals surface area contributed by atoms with Gasteiger partial charge in [0.15, 0.2) is 19.9 Å². The van der Waals surface area contributed by atoms with E-state index in [1.54, 1.807) is 0 Å². The third-order valence-electron chi connectivity index (χ3n) is 1.81. The molecule has 0 amide bonds. The van der Waals surface area contributed by atoms with E-state index in [0.29, 0.717) is 6.07 Å². The van der Waals surface area contributed by atoms with Crippen LogP contribution in [0.15, 0.2) is 6.07 Å². The quantitative estimate of drug-likeness (QED) is 0.408. The van der Waals surface area contributed by atoms with Gasteiger partial charge in [-0.05, 0) is 0 Å². The molecule has 1 aromatic rings. The van der Waals surface area contributed by atoms with Crippen LogP contribution in [0.5, 0.6) is 0 Å². The van der Waals surface area contributed by atoms with Crippen molar-refractivity contribution < 1.29 is 4.92 Å². The highest BCUT2D eigenvalue weighted by Crippen LogP contribution is 2.50. The summed E-state index contributed by atoms with van der Waals surface area (Å²) in [5.41, 5.74) is -3.36. The molecule has 0 aliphatic rings. The predicted molar refractivity (Wildman–Crippen MR) is 52.1 cm³/mol. The van der Waals surface area contributed by atoms with E-state index in [9.17, 15) is 10.1 Å². The summed E-state index contributed by atoms with van der Waals surface area (Å²) in [6.07, 6.45) is 0. The summed E-state index contributed by atoms with van der Waals surface area (Å²) in [7, 11) is 0. The van der Waals surface area contributed by atoms with Gasteiger partial charge in [-0.3, -0.25) is 10.1 Å². The zero-order valence-electron chi connectivity index (χ0n) is 7.92. The first-order chi connectivity index (χ1) is 8.10. The minimum absolute atomic E-state index is 0.528. The van der Waals surface area contributed by atoms with Gasteiger partial charge in [0.05, 0.1) is 4.92 Å². The molecule has 0 unspecified atom stereocenters. The van der Waals surface area contributed by atoms with Crippen LogP contribution >= 0.6 is 0 Å². The molecule has 0 saturated carbocycles. The summed E-state index contributed by atoms with van der Waals surface area (Å²) >= 11 is 0. The molecule has 0 spiro atoms. The Morgan fingerprint density at radius 3 is 1.82 bits per heavy atom. The monoisotopic (exact) mass is 231 g/mol. The Kier molecular flexibility index (Phi) is 2.82. The van der Waals surface area contributed by atoms with Crippen molar-refractivity contribution in [2.24, 2.45) is 0 Å². The first-order valence-corrected chi connectivity index (χ1v) is 3.86. The molecule has 0 fully saturated rings. The molecule has 0 heterocycles. The Morgan fingerprint density at radius 2 is 1.47 bits per heavy atom. The van der Waals surface area contributed by atoms with Crippen molar-refractivity contribution >= 4 is 28.4 Å². The maximum absolute atomic E-state index is 10.6. The van der Waals surface area contributed by atoms with E-state index in [-0.39, 0.29) is 0 Å². The number of hydrogen-bond acceptors (Lipinski definition) is 6. The van der Waals surface area contributed by atoms with Crippen molar-refractivity contribution in [3.8, 4) is 0 Å². The van der Waals surface area contributed by atoms with Crippen molar-refractivity contribution in [1.82, 2.24) is 0 Å². The van der Waals surface area contributed by atoms with E-state index in [4.69, 9.17) is 21.6 Å². The van der Waals surface area contributed by atoms with Gasteiger partial charge in [0.2, 0.25) is 21.6 Å². The highest BCUT2D eigenvalue weighted by atomic mass is 16.6. The third kappa shape index (κ3) is 1.63. The molecule has 0 bridgehead atoms. The fourth-order valence-electron chi connectivity index (χ4n) is 1.13. The largest absolute Gasteiger partial charge is 0.588 e. The van der Waals surface area contributed by atoms with E-state index in [0.717, 1.165) is 0 Å². The maximum atomic E-state index is 10.6. The number of nitro benzene ring substituents is 1. The van der Waals surface area contributed by atoms with Gasteiger partial charge in [0.25, 0.3) is 0 Å². The Morgan fingerprint density at radius 1 is 0.941 bits per heavy atom. The molecule has 78 valence electrons. The number of rotatable bonds is 1. The Bertz CT molecular complexity index is 680. The molecule has 1 rings (SSSR count). The van der Waals surface area contributed by atoms with Crippen LogP contribution in [-0.2, 0) is 0 Å². The summed E-state index contributed by atoms with van der Waals surface area (Å²) in [4.78, 5) is 20.0. The van der Waals surface area contributed by atoms with Gasteiger partial charge in [-0.25, -0.2) is 0 Å². The van der Waals surface area contributed by atoms with E-state index < -0.39 is 33.4 Å². The topological polar surface area (TPSA) is 156 Å². The third-order valence-corrected chi connectivity index (χ3v) is 1.81. The molecule has 0 saturated heterocycles. The van der Waals surface area contributed by atoms with Gasteiger partial charge in [-0.1, -0.05) is 0 Å². The molecule has 11 heteroatoms. The molecule has 17 heavy (non-hydrogen) atoms. The van der Waals surface area contributed by atoms with Gasteiger partial charge in [-0.15, -0.1) is 0 Å². The lowest BCUT2D eigenvalue weighted by atomic mass is 10.2. The molecule has 0 aliphatic carbocycles. The molecule has 0 N–H and O–H groups in total. The van der Waals surface area contributed by atoms with Crippen molar-refractivity contribution in [3.63, 3.8) is 0 Å². The van der Waals surface area contributed by atoms with Crippen LogP contribution in [0.25, 0.3) is 19.9 Å². The van der Waals surface area contributed by atoms with E-state index in [2.05, 4.69) is 19.9 Å². The van der Waals surface area contributed by atoms with Gasteiger partial charge < -0.3 is 0 Å². The van der Waals surface area contributed by atoms with Crippen LogP contribution in [0.2, 0.25) is 0 Å². The van der Waals surface area contributed by atoms with Crippen LogP contribution in [0.4, 0.5) is 28.4 Å². The number of diazo groups is 4. The minimum atomic E-state index is -0.959. The summed E-state index contributed by atoms with van der Waals surface area (Å²) in [5.74, 6) is 0. The van der Waals surface area contributed by atoms with Crippen LogP contribution in [0, 0.1) is 31.7 Å². The highest BCUT2D eigenvalue weighted by Gasteiger charge is 2.55. The van der Waals surface area contributed by atoms with E-state index >= 15 is 0 Å². The average molecular weight is 231 g/mol. The summed E-state index contributed by atoms with van der Waals surface area (Å²) in [5, 5.41) is 45.0. The Hall–Kier alpha value is -3.70. The smallest absolute Gasteiger partial charge is 0.258 e. The fraction of sp³-hybridized carbons (Fsp3) is 0. The summed E-state index contributed by atoms with van der Waals surface area (Å²) in [6.45, 7) is 0. The van der Waals surface area contributed by atoms with Gasteiger partial charge in [0.1, 0.15) is 6.07 Å². The van der Waals surface area contributed by atoms with Crippen molar-refractivity contribution in [2.45, 2.75) is 0 Å². The number of hydrogen-bond donors (Lipinski definition) is 0. The Balaban J connectivity index is 3.93. The summed E-state index contributed by atoms with van der Waals surface area (Å²) in [6, 6.07) is 0.679. The number of nitro groups is 1. The van der Waals surface area contributed by atoms with Crippen molar-refractivity contribution in [2.75, 3.05) is 0 Å². The second-order valence-electron chi connectivity index (χ2n) is 2.62. The second-order valence-corrected chi connectivity index (χ2v) is 2.62. The van der Waals surface area contributed by atoms with Gasteiger partial charge >= 0.3 is 28.4 Å². The normalized spacial score (nSPS) is 8.24. The number of nitrogens with zero attached hydrogens (tertiary/aromatic N) is 9. The van der Waals surface area contributed by atoms with Gasteiger partial charge in [-0.2, -0.15) is 0 Å². The zero-order valence-corrected chi connectivity index (χ0v) is 7.92. The lowest BCUT2D eigenvalue weighted by Crippen LogP contribution is -1.87. The van der Waals surface area contributed by atoms with Crippen LogP contribution in [0.1, 0.15) is 0 Å². The minimum Gasteiger partial charge on any atom is -0.258 e. The average Bonchev–Trinajstić information content (AvgIpc) is 2.35. The molecule has 11 nitrogen and oxygen atoms in total.